The minimum absolute atomic E-state index is 0.107. The molecule has 0 amide bonds. The molecule has 0 fully saturated rings. The second kappa shape index (κ2) is 8.37. The molecule has 0 aliphatic carbocycles. The van der Waals surface area contributed by atoms with Crippen molar-refractivity contribution in [2.24, 2.45) is 0 Å². The first-order valence-electron chi connectivity index (χ1n) is 7.80. The van der Waals surface area contributed by atoms with Crippen LogP contribution in [0.2, 0.25) is 0 Å². The van der Waals surface area contributed by atoms with E-state index < -0.39 is 10.1 Å². The summed E-state index contributed by atoms with van der Waals surface area (Å²) in [6.45, 7) is 6.06. The van der Waals surface area contributed by atoms with Crippen molar-refractivity contribution >= 4 is 32.7 Å². The highest BCUT2D eigenvalue weighted by Gasteiger charge is 2.15. The molecule has 0 spiro atoms. The minimum Gasteiger partial charge on any atom is -0.744 e. The largest absolute Gasteiger partial charge is 0.744 e. The van der Waals surface area contributed by atoms with Crippen LogP contribution in [0.4, 0.5) is 0 Å². The van der Waals surface area contributed by atoms with Crippen molar-refractivity contribution in [1.29, 1.82) is 0 Å². The summed E-state index contributed by atoms with van der Waals surface area (Å²) >= 11 is 2.22. The maximum atomic E-state index is 11.4. The Kier molecular flexibility index (Phi) is 6.70. The Balaban J connectivity index is 2.06. The Morgan fingerprint density at radius 3 is 2.24 bits per heavy atom. The van der Waals surface area contributed by atoms with Gasteiger partial charge < -0.3 is 14.0 Å². The van der Waals surface area contributed by atoms with Crippen LogP contribution < -0.4 is 9.47 Å². The molecule has 0 aromatic heterocycles. The van der Waals surface area contributed by atoms with Gasteiger partial charge in [0.1, 0.15) is 34.8 Å². The van der Waals surface area contributed by atoms with E-state index in [2.05, 4.69) is 22.6 Å². The van der Waals surface area contributed by atoms with Crippen LogP contribution in [0, 0.1) is 10.5 Å². The lowest BCUT2D eigenvalue weighted by atomic mass is 10.0. The van der Waals surface area contributed by atoms with Crippen LogP contribution >= 0.6 is 22.6 Å². The van der Waals surface area contributed by atoms with Crippen molar-refractivity contribution in [1.82, 2.24) is 0 Å². The van der Waals surface area contributed by atoms with E-state index in [0.29, 0.717) is 30.1 Å². The van der Waals surface area contributed by atoms with Gasteiger partial charge in [-0.15, -0.1) is 0 Å². The zero-order chi connectivity index (χ0) is 18.6. The van der Waals surface area contributed by atoms with E-state index in [1.807, 2.05) is 38.1 Å². The summed E-state index contributed by atoms with van der Waals surface area (Å²) in [5.74, 6) is 1.21. The average Bonchev–Trinajstić information content (AvgIpc) is 2.53. The molecule has 0 aliphatic heterocycles. The molecule has 0 heterocycles. The number of halogens is 1. The van der Waals surface area contributed by atoms with E-state index in [1.54, 1.807) is 13.0 Å². The zero-order valence-corrected chi connectivity index (χ0v) is 17.3. The van der Waals surface area contributed by atoms with Crippen molar-refractivity contribution in [2.45, 2.75) is 31.6 Å². The molecular formula is C18H20IO5S-. The van der Waals surface area contributed by atoms with Gasteiger partial charge in [0.2, 0.25) is 0 Å². The molecule has 0 radical (unpaired) electrons. The Morgan fingerprint density at radius 2 is 1.68 bits per heavy atom. The van der Waals surface area contributed by atoms with Gasteiger partial charge in [-0.1, -0.05) is 13.8 Å². The van der Waals surface area contributed by atoms with E-state index in [-0.39, 0.29) is 10.8 Å². The number of hydrogen-bond acceptors (Lipinski definition) is 5. The monoisotopic (exact) mass is 475 g/mol. The van der Waals surface area contributed by atoms with Gasteiger partial charge in [0.25, 0.3) is 0 Å². The van der Waals surface area contributed by atoms with E-state index >= 15 is 0 Å². The SMILES string of the molecule is Cc1cc(S(=O)(=O)[O-])c(C(C)C)cc1OCCOc1ccc(I)cc1. The van der Waals surface area contributed by atoms with Crippen LogP contribution in [0.3, 0.4) is 0 Å². The molecule has 0 saturated heterocycles. The van der Waals surface area contributed by atoms with Gasteiger partial charge in [-0.2, -0.15) is 0 Å². The molecule has 2 aromatic carbocycles. The molecule has 25 heavy (non-hydrogen) atoms. The van der Waals surface area contributed by atoms with Gasteiger partial charge >= 0.3 is 0 Å². The summed E-state index contributed by atoms with van der Waals surface area (Å²) in [5.41, 5.74) is 1.07. The Labute approximate surface area is 162 Å². The minimum atomic E-state index is -4.51. The second-order valence-electron chi connectivity index (χ2n) is 5.92. The van der Waals surface area contributed by atoms with Gasteiger partial charge in [0, 0.05) is 3.57 Å². The molecule has 136 valence electrons. The molecule has 0 N–H and O–H groups in total. The summed E-state index contributed by atoms with van der Waals surface area (Å²) in [4.78, 5) is -0.178. The smallest absolute Gasteiger partial charge is 0.124 e. The van der Waals surface area contributed by atoms with Crippen molar-refractivity contribution in [3.05, 3.63) is 51.1 Å². The zero-order valence-electron chi connectivity index (χ0n) is 14.3. The van der Waals surface area contributed by atoms with Crippen LogP contribution in [0.25, 0.3) is 0 Å². The molecule has 2 rings (SSSR count). The van der Waals surface area contributed by atoms with Crippen LogP contribution in [0.5, 0.6) is 11.5 Å². The number of benzene rings is 2. The summed E-state index contributed by atoms with van der Waals surface area (Å²) in [6.07, 6.45) is 0. The quantitative estimate of drug-likeness (QED) is 0.343. The number of ether oxygens (including phenoxy) is 2. The highest BCUT2D eigenvalue weighted by Crippen LogP contribution is 2.31. The number of hydrogen-bond donors (Lipinski definition) is 0. The first-order valence-corrected chi connectivity index (χ1v) is 10.3. The van der Waals surface area contributed by atoms with Crippen molar-refractivity contribution in [3.8, 4) is 11.5 Å². The first-order chi connectivity index (χ1) is 11.7. The average molecular weight is 475 g/mol. The fourth-order valence-electron chi connectivity index (χ4n) is 2.34. The van der Waals surface area contributed by atoms with Crippen LogP contribution in [-0.4, -0.2) is 26.2 Å². The molecule has 0 unspecified atom stereocenters. The third-order valence-corrected chi connectivity index (χ3v) is 5.23. The lowest BCUT2D eigenvalue weighted by molar-refractivity contribution is 0.216. The summed E-state index contributed by atoms with van der Waals surface area (Å²) in [7, 11) is -4.51. The van der Waals surface area contributed by atoms with Crippen LogP contribution in [0.1, 0.15) is 30.9 Å². The molecule has 0 aliphatic rings. The van der Waals surface area contributed by atoms with Gasteiger partial charge in [-0.25, -0.2) is 8.42 Å². The normalized spacial score (nSPS) is 11.6. The van der Waals surface area contributed by atoms with Gasteiger partial charge in [-0.3, -0.25) is 0 Å². The van der Waals surface area contributed by atoms with Gasteiger partial charge in [-0.05, 0) is 83.0 Å². The van der Waals surface area contributed by atoms with Crippen LogP contribution in [0.15, 0.2) is 41.3 Å². The number of rotatable bonds is 7. The molecule has 0 bridgehead atoms. The van der Waals surface area contributed by atoms with E-state index in [9.17, 15) is 13.0 Å². The highest BCUT2D eigenvalue weighted by molar-refractivity contribution is 14.1. The van der Waals surface area contributed by atoms with Gasteiger partial charge in [0.05, 0.1) is 4.90 Å². The second-order valence-corrected chi connectivity index (χ2v) is 8.51. The fraction of sp³-hybridized carbons (Fsp3) is 0.333. The van der Waals surface area contributed by atoms with Crippen molar-refractivity contribution < 1.29 is 22.4 Å². The highest BCUT2D eigenvalue weighted by atomic mass is 127. The molecule has 7 heteroatoms. The fourth-order valence-corrected chi connectivity index (χ4v) is 3.61. The summed E-state index contributed by atoms with van der Waals surface area (Å²) in [6, 6.07) is 10.7. The van der Waals surface area contributed by atoms with E-state index in [4.69, 9.17) is 9.47 Å². The Hall–Kier alpha value is -1.32. The van der Waals surface area contributed by atoms with Gasteiger partial charge in [0.15, 0.2) is 0 Å². The Bertz CT molecular complexity index is 829. The summed E-state index contributed by atoms with van der Waals surface area (Å²) < 4.78 is 46.8. The summed E-state index contributed by atoms with van der Waals surface area (Å²) in [5, 5.41) is 0. The Morgan fingerprint density at radius 1 is 1.08 bits per heavy atom. The topological polar surface area (TPSA) is 75.7 Å². The lowest BCUT2D eigenvalue weighted by Gasteiger charge is -2.19. The standard InChI is InChI=1S/C18H21IO5S/c1-12(2)16-11-17(13(3)10-18(16)25(20,21)22)24-9-8-23-15-6-4-14(19)5-7-15/h4-7,10-12H,8-9H2,1-3H3,(H,20,21,22)/p-1. The molecule has 2 aromatic rings. The third-order valence-electron chi connectivity index (χ3n) is 3.62. The van der Waals surface area contributed by atoms with Crippen molar-refractivity contribution in [2.75, 3.05) is 13.2 Å². The molecular weight excluding hydrogens is 455 g/mol. The third kappa shape index (κ3) is 5.58. The van der Waals surface area contributed by atoms with E-state index in [1.165, 1.54) is 6.07 Å². The predicted octanol–water partition coefficient (Wildman–Crippen LogP) is 4.08. The molecule has 5 nitrogen and oxygen atoms in total. The maximum absolute atomic E-state index is 11.4. The maximum Gasteiger partial charge on any atom is 0.124 e. The first kappa shape index (κ1) is 20.0. The lowest BCUT2D eigenvalue weighted by Crippen LogP contribution is -2.11. The molecule has 0 saturated carbocycles. The van der Waals surface area contributed by atoms with E-state index in [0.717, 1.165) is 9.32 Å². The molecule has 0 atom stereocenters. The van der Waals surface area contributed by atoms with Crippen LogP contribution in [-0.2, 0) is 10.1 Å². The van der Waals surface area contributed by atoms with Crippen molar-refractivity contribution in [3.63, 3.8) is 0 Å². The predicted molar refractivity (Wildman–Crippen MR) is 103 cm³/mol. The number of aryl methyl sites for hydroxylation is 1.